The van der Waals surface area contributed by atoms with Gasteiger partial charge >= 0.3 is 0 Å². The van der Waals surface area contributed by atoms with Gasteiger partial charge in [-0.15, -0.1) is 24.0 Å². The molecule has 1 aromatic heterocycles. The Labute approximate surface area is 86.4 Å². The summed E-state index contributed by atoms with van der Waals surface area (Å²) >= 11 is 5.90. The molecular formula is C10H10OS2. The van der Waals surface area contributed by atoms with E-state index in [-0.39, 0.29) is 0 Å². The first-order chi connectivity index (χ1) is 6.20. The molecular weight excluding hydrogens is 200 g/mol. The fourth-order valence-electron chi connectivity index (χ4n) is 1.47. The van der Waals surface area contributed by atoms with Crippen LogP contribution < -0.4 is 0 Å². The number of rotatable bonds is 1. The molecule has 13 heavy (non-hydrogen) atoms. The standard InChI is InChI=1S/C10H10OS2/c1-2-6-3-7(11)4-9-8(6)5-10(12)13-9/h3-5,11-12H,2H2,1H3. The molecule has 0 atom stereocenters. The van der Waals surface area contributed by atoms with Gasteiger partial charge in [-0.05, 0) is 35.6 Å². The SMILES string of the molecule is CCc1cc(O)cc2sc(S)cc12. The van der Waals surface area contributed by atoms with Gasteiger partial charge in [-0.2, -0.15) is 0 Å². The molecule has 1 heterocycles. The average molecular weight is 210 g/mol. The Morgan fingerprint density at radius 1 is 1.38 bits per heavy atom. The zero-order valence-corrected chi connectivity index (χ0v) is 8.95. The summed E-state index contributed by atoms with van der Waals surface area (Å²) in [6, 6.07) is 5.67. The van der Waals surface area contributed by atoms with Crippen LogP contribution in [0.25, 0.3) is 10.1 Å². The highest BCUT2D eigenvalue weighted by Gasteiger charge is 2.05. The minimum atomic E-state index is 0.347. The van der Waals surface area contributed by atoms with Crippen molar-refractivity contribution in [3.05, 3.63) is 23.8 Å². The second-order valence-corrected chi connectivity index (χ2v) is 4.82. The van der Waals surface area contributed by atoms with Crippen LogP contribution in [0.3, 0.4) is 0 Å². The van der Waals surface area contributed by atoms with Crippen molar-refractivity contribution >= 4 is 34.1 Å². The summed E-state index contributed by atoms with van der Waals surface area (Å²) in [7, 11) is 0. The summed E-state index contributed by atoms with van der Waals surface area (Å²) in [5.41, 5.74) is 1.19. The number of hydrogen-bond donors (Lipinski definition) is 2. The lowest BCUT2D eigenvalue weighted by Crippen LogP contribution is -1.79. The van der Waals surface area contributed by atoms with Crippen molar-refractivity contribution in [2.75, 3.05) is 0 Å². The highest BCUT2D eigenvalue weighted by atomic mass is 32.2. The number of aryl methyl sites for hydroxylation is 1. The highest BCUT2D eigenvalue weighted by molar-refractivity contribution is 7.83. The van der Waals surface area contributed by atoms with Gasteiger partial charge in [-0.1, -0.05) is 6.92 Å². The topological polar surface area (TPSA) is 20.2 Å². The second kappa shape index (κ2) is 3.24. The Morgan fingerprint density at radius 3 is 2.85 bits per heavy atom. The number of phenolic OH excluding ortho intramolecular Hbond substituents is 1. The molecule has 0 unspecified atom stereocenters. The largest absolute Gasteiger partial charge is 0.508 e. The van der Waals surface area contributed by atoms with E-state index in [1.54, 1.807) is 17.4 Å². The van der Waals surface area contributed by atoms with E-state index in [1.165, 1.54) is 10.9 Å². The molecule has 0 spiro atoms. The number of benzene rings is 1. The van der Waals surface area contributed by atoms with Crippen LogP contribution in [0.5, 0.6) is 5.75 Å². The van der Waals surface area contributed by atoms with Crippen molar-refractivity contribution in [1.82, 2.24) is 0 Å². The van der Waals surface area contributed by atoms with E-state index in [0.717, 1.165) is 15.3 Å². The lowest BCUT2D eigenvalue weighted by molar-refractivity contribution is 0.475. The fraction of sp³-hybridized carbons (Fsp3) is 0.200. The van der Waals surface area contributed by atoms with Gasteiger partial charge in [-0.25, -0.2) is 0 Å². The maximum absolute atomic E-state index is 9.43. The van der Waals surface area contributed by atoms with Gasteiger partial charge in [0.05, 0.1) is 4.21 Å². The third-order valence-electron chi connectivity index (χ3n) is 2.08. The third kappa shape index (κ3) is 1.54. The maximum Gasteiger partial charge on any atom is 0.117 e. The molecule has 1 N–H and O–H groups in total. The predicted octanol–water partition coefficient (Wildman–Crippen LogP) is 3.46. The minimum Gasteiger partial charge on any atom is -0.508 e. The van der Waals surface area contributed by atoms with Gasteiger partial charge in [0.2, 0.25) is 0 Å². The summed E-state index contributed by atoms with van der Waals surface area (Å²) in [6.07, 6.45) is 0.939. The molecule has 1 aromatic carbocycles. The fourth-order valence-corrected chi connectivity index (χ4v) is 2.78. The van der Waals surface area contributed by atoms with Crippen LogP contribution in [-0.4, -0.2) is 5.11 Å². The van der Waals surface area contributed by atoms with Gasteiger partial charge in [0, 0.05) is 4.70 Å². The van der Waals surface area contributed by atoms with Crippen LogP contribution in [0.1, 0.15) is 12.5 Å². The summed E-state index contributed by atoms with van der Waals surface area (Å²) in [5.74, 6) is 0.347. The van der Waals surface area contributed by atoms with E-state index in [9.17, 15) is 5.11 Å². The number of aromatic hydroxyl groups is 1. The molecule has 1 nitrogen and oxygen atoms in total. The normalized spacial score (nSPS) is 10.9. The number of phenols is 1. The van der Waals surface area contributed by atoms with E-state index in [2.05, 4.69) is 25.6 Å². The Morgan fingerprint density at radius 2 is 2.15 bits per heavy atom. The first kappa shape index (κ1) is 8.91. The molecule has 0 radical (unpaired) electrons. The van der Waals surface area contributed by atoms with Crippen LogP contribution in [-0.2, 0) is 6.42 Å². The van der Waals surface area contributed by atoms with E-state index in [1.807, 2.05) is 6.07 Å². The van der Waals surface area contributed by atoms with Gasteiger partial charge in [-0.3, -0.25) is 0 Å². The summed E-state index contributed by atoms with van der Waals surface area (Å²) < 4.78 is 2.11. The monoisotopic (exact) mass is 210 g/mol. The summed E-state index contributed by atoms with van der Waals surface area (Å²) in [6.45, 7) is 2.09. The van der Waals surface area contributed by atoms with Crippen LogP contribution >= 0.6 is 24.0 Å². The molecule has 0 saturated heterocycles. The van der Waals surface area contributed by atoms with Gasteiger partial charge in [0.1, 0.15) is 5.75 Å². The van der Waals surface area contributed by atoms with Crippen molar-refractivity contribution in [2.24, 2.45) is 0 Å². The number of thiophene rings is 1. The van der Waals surface area contributed by atoms with Crippen molar-refractivity contribution in [3.8, 4) is 5.75 Å². The van der Waals surface area contributed by atoms with Gasteiger partial charge < -0.3 is 5.11 Å². The number of fused-ring (bicyclic) bond motifs is 1. The van der Waals surface area contributed by atoms with Crippen LogP contribution in [0.15, 0.2) is 22.4 Å². The summed E-state index contributed by atoms with van der Waals surface area (Å²) in [5, 5.41) is 10.7. The van der Waals surface area contributed by atoms with Crippen molar-refractivity contribution in [2.45, 2.75) is 17.6 Å². The molecule has 0 aliphatic rings. The predicted molar refractivity (Wildman–Crippen MR) is 60.1 cm³/mol. The maximum atomic E-state index is 9.43. The first-order valence-corrected chi connectivity index (χ1v) is 5.41. The van der Waals surface area contributed by atoms with Crippen LogP contribution in [0, 0.1) is 0 Å². The molecule has 0 saturated carbocycles. The van der Waals surface area contributed by atoms with E-state index < -0.39 is 0 Å². The molecule has 68 valence electrons. The van der Waals surface area contributed by atoms with Gasteiger partial charge in [0.15, 0.2) is 0 Å². The van der Waals surface area contributed by atoms with Crippen LogP contribution in [0.2, 0.25) is 0 Å². The number of hydrogen-bond acceptors (Lipinski definition) is 3. The zero-order valence-electron chi connectivity index (χ0n) is 7.24. The molecule has 3 heteroatoms. The molecule has 2 rings (SSSR count). The van der Waals surface area contributed by atoms with E-state index in [0.29, 0.717) is 5.75 Å². The smallest absolute Gasteiger partial charge is 0.117 e. The van der Waals surface area contributed by atoms with E-state index >= 15 is 0 Å². The zero-order chi connectivity index (χ0) is 9.42. The molecule has 0 amide bonds. The molecule has 0 aliphatic carbocycles. The average Bonchev–Trinajstić information content (AvgIpc) is 2.43. The van der Waals surface area contributed by atoms with Crippen molar-refractivity contribution in [3.63, 3.8) is 0 Å². The number of thiol groups is 1. The Balaban J connectivity index is 2.80. The lowest BCUT2D eigenvalue weighted by Gasteiger charge is -1.99. The lowest BCUT2D eigenvalue weighted by atomic mass is 10.1. The molecule has 2 aromatic rings. The Bertz CT molecular complexity index is 445. The van der Waals surface area contributed by atoms with Gasteiger partial charge in [0.25, 0.3) is 0 Å². The quantitative estimate of drug-likeness (QED) is 0.691. The van der Waals surface area contributed by atoms with Crippen LogP contribution in [0.4, 0.5) is 0 Å². The Kier molecular flexibility index (Phi) is 2.22. The second-order valence-electron chi connectivity index (χ2n) is 2.95. The minimum absolute atomic E-state index is 0.347. The summed E-state index contributed by atoms with van der Waals surface area (Å²) in [4.78, 5) is 0. The van der Waals surface area contributed by atoms with Crippen molar-refractivity contribution < 1.29 is 5.11 Å². The molecule has 0 bridgehead atoms. The molecule has 0 fully saturated rings. The highest BCUT2D eigenvalue weighted by Crippen LogP contribution is 2.33. The third-order valence-corrected chi connectivity index (χ3v) is 3.36. The first-order valence-electron chi connectivity index (χ1n) is 4.15. The molecule has 0 aliphatic heterocycles. The van der Waals surface area contributed by atoms with Crippen molar-refractivity contribution in [1.29, 1.82) is 0 Å². The van der Waals surface area contributed by atoms with E-state index in [4.69, 9.17) is 0 Å². The Hall–Kier alpha value is -0.670.